The van der Waals surface area contributed by atoms with E-state index in [0.29, 0.717) is 16.7 Å². The van der Waals surface area contributed by atoms with Crippen LogP contribution in [0.1, 0.15) is 54.3 Å². The number of aromatic nitrogens is 3. The van der Waals surface area contributed by atoms with Gasteiger partial charge in [0.25, 0.3) is 17.1 Å². The summed E-state index contributed by atoms with van der Waals surface area (Å²) in [5, 5.41) is 3.34. The SMILES string of the molecule is Cc1ccc2nc3c(cc(C(=O)N[C@H](C)c4ccccc4)c(N)[n+]3C(C)C)c(=O)n2c1. The Morgan fingerprint density at radius 1 is 1.13 bits per heavy atom. The number of amides is 1. The van der Waals surface area contributed by atoms with Crippen LogP contribution in [0.25, 0.3) is 16.7 Å². The van der Waals surface area contributed by atoms with Crippen LogP contribution in [0.5, 0.6) is 0 Å². The number of nitrogens with one attached hydrogen (secondary N) is 1. The molecule has 158 valence electrons. The fourth-order valence-corrected chi connectivity index (χ4v) is 3.82. The molecule has 0 aliphatic heterocycles. The standard InChI is InChI=1S/C24H25N5O2/c1-14(2)29-21(25)18(23(30)26-16(4)17-8-6-5-7-9-17)12-19-22(29)27-20-11-10-15(3)13-28(20)24(19)31/h5-14,16,25H,1-4H3,(H,26,30)/p+1/t16-/m1/s1. The van der Waals surface area contributed by atoms with Gasteiger partial charge in [-0.25, -0.2) is 4.57 Å². The van der Waals surface area contributed by atoms with Gasteiger partial charge < -0.3 is 11.1 Å². The van der Waals surface area contributed by atoms with Crippen LogP contribution in [0.3, 0.4) is 0 Å². The third kappa shape index (κ3) is 3.63. The van der Waals surface area contributed by atoms with Crippen LogP contribution in [0.15, 0.2) is 59.5 Å². The van der Waals surface area contributed by atoms with Crippen molar-refractivity contribution in [2.24, 2.45) is 0 Å². The molecule has 4 rings (SSSR count). The minimum Gasteiger partial charge on any atom is -0.345 e. The van der Waals surface area contributed by atoms with Gasteiger partial charge in [0, 0.05) is 6.20 Å². The van der Waals surface area contributed by atoms with Crippen LogP contribution >= 0.6 is 0 Å². The number of pyridine rings is 2. The van der Waals surface area contributed by atoms with Crippen molar-refractivity contribution in [3.05, 3.63) is 81.8 Å². The maximum atomic E-state index is 13.3. The Balaban J connectivity index is 1.90. The van der Waals surface area contributed by atoms with E-state index in [1.807, 2.05) is 64.1 Å². The number of nitrogen functional groups attached to an aromatic ring is 1. The average Bonchev–Trinajstić information content (AvgIpc) is 2.74. The topological polar surface area (TPSA) is 93.4 Å². The number of nitrogens with two attached hydrogens (primary N) is 1. The molecular weight excluding hydrogens is 390 g/mol. The second-order valence-corrected chi connectivity index (χ2v) is 8.10. The third-order valence-corrected chi connectivity index (χ3v) is 5.45. The van der Waals surface area contributed by atoms with Gasteiger partial charge in [0.05, 0.1) is 12.1 Å². The molecule has 0 saturated heterocycles. The van der Waals surface area contributed by atoms with E-state index in [1.165, 1.54) is 4.40 Å². The number of nitrogens with zero attached hydrogens (tertiary/aromatic N) is 3. The lowest BCUT2D eigenvalue weighted by Gasteiger charge is -2.17. The molecule has 0 aliphatic carbocycles. The molecule has 1 atom stereocenters. The summed E-state index contributed by atoms with van der Waals surface area (Å²) < 4.78 is 3.26. The molecule has 0 bridgehead atoms. The first-order valence-electron chi connectivity index (χ1n) is 10.3. The lowest BCUT2D eigenvalue weighted by molar-refractivity contribution is -0.679. The molecule has 31 heavy (non-hydrogen) atoms. The highest BCUT2D eigenvalue weighted by atomic mass is 16.2. The van der Waals surface area contributed by atoms with Crippen molar-refractivity contribution in [3.8, 4) is 0 Å². The van der Waals surface area contributed by atoms with E-state index in [0.717, 1.165) is 11.1 Å². The molecule has 7 heteroatoms. The molecule has 7 nitrogen and oxygen atoms in total. The van der Waals surface area contributed by atoms with Crippen molar-refractivity contribution in [2.45, 2.75) is 39.8 Å². The summed E-state index contributed by atoms with van der Waals surface area (Å²) in [6.45, 7) is 7.72. The Bertz CT molecular complexity index is 1360. The van der Waals surface area contributed by atoms with Crippen LogP contribution in [-0.4, -0.2) is 15.3 Å². The van der Waals surface area contributed by atoms with Crippen molar-refractivity contribution in [2.75, 3.05) is 5.73 Å². The van der Waals surface area contributed by atoms with E-state index in [-0.39, 0.29) is 34.9 Å². The molecule has 3 aromatic heterocycles. The maximum Gasteiger partial charge on any atom is 0.278 e. The van der Waals surface area contributed by atoms with Crippen molar-refractivity contribution in [3.63, 3.8) is 0 Å². The predicted molar refractivity (Wildman–Crippen MR) is 121 cm³/mol. The van der Waals surface area contributed by atoms with Crippen molar-refractivity contribution >= 4 is 28.4 Å². The summed E-state index contributed by atoms with van der Waals surface area (Å²) >= 11 is 0. The van der Waals surface area contributed by atoms with Crippen LogP contribution in [0, 0.1) is 6.92 Å². The first-order valence-corrected chi connectivity index (χ1v) is 10.3. The van der Waals surface area contributed by atoms with E-state index in [1.54, 1.807) is 22.9 Å². The Morgan fingerprint density at radius 2 is 1.84 bits per heavy atom. The van der Waals surface area contributed by atoms with Crippen molar-refractivity contribution in [1.82, 2.24) is 14.7 Å². The van der Waals surface area contributed by atoms with Gasteiger partial charge in [-0.2, -0.15) is 0 Å². The highest BCUT2D eigenvalue weighted by Gasteiger charge is 2.26. The van der Waals surface area contributed by atoms with Gasteiger partial charge in [0.1, 0.15) is 10.9 Å². The molecule has 0 saturated carbocycles. The highest BCUT2D eigenvalue weighted by molar-refractivity contribution is 6.00. The van der Waals surface area contributed by atoms with Crippen molar-refractivity contribution in [1.29, 1.82) is 0 Å². The summed E-state index contributed by atoms with van der Waals surface area (Å²) in [7, 11) is 0. The number of hydrogen-bond donors (Lipinski definition) is 2. The molecule has 3 N–H and O–H groups in total. The zero-order valence-corrected chi connectivity index (χ0v) is 18.1. The molecule has 0 unspecified atom stereocenters. The Labute approximate surface area is 180 Å². The van der Waals surface area contributed by atoms with E-state index < -0.39 is 0 Å². The molecule has 0 fully saturated rings. The van der Waals surface area contributed by atoms with Crippen LogP contribution < -0.4 is 21.2 Å². The molecule has 4 aromatic rings. The smallest absolute Gasteiger partial charge is 0.278 e. The molecule has 0 aliphatic rings. The molecule has 0 spiro atoms. The van der Waals surface area contributed by atoms with Gasteiger partial charge in [-0.05, 0) is 51.0 Å². The fraction of sp³-hybridized carbons (Fsp3) is 0.250. The maximum absolute atomic E-state index is 13.3. The first kappa shape index (κ1) is 20.5. The molecule has 1 amide bonds. The van der Waals surface area contributed by atoms with E-state index in [2.05, 4.69) is 10.3 Å². The third-order valence-electron chi connectivity index (χ3n) is 5.45. The van der Waals surface area contributed by atoms with Gasteiger partial charge in [0.2, 0.25) is 11.5 Å². The number of anilines is 1. The van der Waals surface area contributed by atoms with E-state index in [9.17, 15) is 9.59 Å². The predicted octanol–water partition coefficient (Wildman–Crippen LogP) is 3.10. The molecule has 1 aromatic carbocycles. The van der Waals surface area contributed by atoms with E-state index in [4.69, 9.17) is 5.73 Å². The van der Waals surface area contributed by atoms with Crippen molar-refractivity contribution < 1.29 is 9.36 Å². The highest BCUT2D eigenvalue weighted by Crippen LogP contribution is 2.19. The quantitative estimate of drug-likeness (QED) is 0.395. The minimum atomic E-state index is -0.334. The zero-order valence-electron chi connectivity index (χ0n) is 18.1. The fourth-order valence-electron chi connectivity index (χ4n) is 3.82. The number of aryl methyl sites for hydroxylation is 1. The number of benzene rings is 1. The van der Waals surface area contributed by atoms with Gasteiger partial charge in [-0.15, -0.1) is 0 Å². The Hall–Kier alpha value is -3.74. The lowest BCUT2D eigenvalue weighted by atomic mass is 10.1. The van der Waals surface area contributed by atoms with Gasteiger partial charge in [0.15, 0.2) is 0 Å². The Morgan fingerprint density at radius 3 is 2.52 bits per heavy atom. The summed E-state index contributed by atoms with van der Waals surface area (Å²) in [4.78, 5) is 31.1. The van der Waals surface area contributed by atoms with Gasteiger partial charge in [-0.1, -0.05) is 41.4 Å². The number of fused-ring (bicyclic) bond motifs is 2. The van der Waals surface area contributed by atoms with Crippen LogP contribution in [-0.2, 0) is 0 Å². The first-order chi connectivity index (χ1) is 14.8. The second-order valence-electron chi connectivity index (χ2n) is 8.10. The number of carbonyl (C=O) groups excluding carboxylic acids is 1. The summed E-state index contributed by atoms with van der Waals surface area (Å²) in [5.41, 5.74) is 9.39. The van der Waals surface area contributed by atoms with Crippen LogP contribution in [0.4, 0.5) is 5.82 Å². The molecular formula is C24H26N5O2+. The average molecular weight is 417 g/mol. The summed E-state index contributed by atoms with van der Waals surface area (Å²) in [6, 6.07) is 14.6. The number of carbonyl (C=O) groups is 1. The molecule has 0 radical (unpaired) electrons. The number of rotatable bonds is 4. The second kappa shape index (κ2) is 7.83. The van der Waals surface area contributed by atoms with Crippen LogP contribution in [0.2, 0.25) is 0 Å². The minimum absolute atomic E-state index is 0.0957. The van der Waals surface area contributed by atoms with Gasteiger partial charge in [-0.3, -0.25) is 14.0 Å². The Kier molecular flexibility index (Phi) is 5.19. The largest absolute Gasteiger partial charge is 0.345 e. The van der Waals surface area contributed by atoms with E-state index >= 15 is 0 Å². The normalized spacial score (nSPS) is 12.4. The monoisotopic (exact) mass is 416 g/mol. The zero-order chi connectivity index (χ0) is 22.3. The van der Waals surface area contributed by atoms with Gasteiger partial charge >= 0.3 is 0 Å². The lowest BCUT2D eigenvalue weighted by Crippen LogP contribution is -2.44. The summed E-state index contributed by atoms with van der Waals surface area (Å²) in [5.74, 6) is -0.0532. The number of hydrogen-bond acceptors (Lipinski definition) is 4. The summed E-state index contributed by atoms with van der Waals surface area (Å²) in [6.07, 6.45) is 1.75. The molecule has 3 heterocycles.